The fourth-order valence-corrected chi connectivity index (χ4v) is 1.83. The number of benzene rings is 1. The zero-order valence-corrected chi connectivity index (χ0v) is 8.77. The molecule has 3 rings (SSSR count). The van der Waals surface area contributed by atoms with Crippen LogP contribution in [0.5, 0.6) is 0 Å². The quantitative estimate of drug-likeness (QED) is 0.590. The minimum atomic E-state index is -0.278. The average Bonchev–Trinajstić information content (AvgIpc) is 2.37. The molecule has 0 saturated heterocycles. The Morgan fingerprint density at radius 3 is 2.94 bits per heavy atom. The first-order valence-electron chi connectivity index (χ1n) is 5.11. The van der Waals surface area contributed by atoms with Gasteiger partial charge in [0.05, 0.1) is 10.9 Å². The van der Waals surface area contributed by atoms with E-state index in [2.05, 4.69) is 9.97 Å². The molecule has 4 nitrogen and oxygen atoms in total. The van der Waals surface area contributed by atoms with Crippen LogP contribution < -0.4 is 5.43 Å². The van der Waals surface area contributed by atoms with Gasteiger partial charge in [-0.05, 0) is 12.1 Å². The van der Waals surface area contributed by atoms with Gasteiger partial charge in [0, 0.05) is 11.6 Å². The summed E-state index contributed by atoms with van der Waals surface area (Å²) in [6.45, 7) is 0. The van der Waals surface area contributed by atoms with Crippen LogP contribution in [0.3, 0.4) is 0 Å². The van der Waals surface area contributed by atoms with E-state index in [0.717, 1.165) is 10.9 Å². The molecule has 0 radical (unpaired) electrons. The van der Waals surface area contributed by atoms with E-state index in [1.165, 1.54) is 6.20 Å². The third kappa shape index (κ3) is 1.37. The fraction of sp³-hybridized carbons (Fsp3) is 0. The van der Waals surface area contributed by atoms with E-state index in [9.17, 15) is 4.79 Å². The van der Waals surface area contributed by atoms with E-state index in [1.54, 1.807) is 6.07 Å². The van der Waals surface area contributed by atoms with Gasteiger partial charge in [0.1, 0.15) is 17.3 Å². The van der Waals surface area contributed by atoms with Gasteiger partial charge < -0.3 is 4.98 Å². The smallest absolute Gasteiger partial charge is 0.208 e. The Bertz CT molecular complexity index is 827. The SMILES string of the molecule is N#Cc1c[nH]c2nc3ccccc3cc2c1=O. The van der Waals surface area contributed by atoms with Crippen molar-refractivity contribution in [3.63, 3.8) is 0 Å². The molecular formula is C13H7N3O. The Kier molecular flexibility index (Phi) is 1.92. The highest BCUT2D eigenvalue weighted by Crippen LogP contribution is 2.15. The molecule has 3 aromatic rings. The van der Waals surface area contributed by atoms with Gasteiger partial charge in [-0.3, -0.25) is 4.79 Å². The minimum absolute atomic E-state index is 0.106. The van der Waals surface area contributed by atoms with Crippen LogP contribution in [-0.2, 0) is 0 Å². The summed E-state index contributed by atoms with van der Waals surface area (Å²) in [6.07, 6.45) is 1.40. The lowest BCUT2D eigenvalue weighted by molar-refractivity contribution is 1.29. The van der Waals surface area contributed by atoms with Crippen molar-refractivity contribution in [1.29, 1.82) is 5.26 Å². The van der Waals surface area contributed by atoms with Gasteiger partial charge in [0.15, 0.2) is 0 Å². The van der Waals surface area contributed by atoms with E-state index in [0.29, 0.717) is 11.0 Å². The Morgan fingerprint density at radius 1 is 1.29 bits per heavy atom. The van der Waals surface area contributed by atoms with Gasteiger partial charge in [-0.1, -0.05) is 18.2 Å². The number of hydrogen-bond donors (Lipinski definition) is 1. The second-order valence-corrected chi connectivity index (χ2v) is 3.72. The van der Waals surface area contributed by atoms with E-state index in [1.807, 2.05) is 30.3 Å². The number of pyridine rings is 2. The molecule has 0 fully saturated rings. The van der Waals surface area contributed by atoms with Crippen LogP contribution in [0, 0.1) is 11.3 Å². The number of nitriles is 1. The van der Waals surface area contributed by atoms with Crippen molar-refractivity contribution in [2.75, 3.05) is 0 Å². The van der Waals surface area contributed by atoms with Gasteiger partial charge >= 0.3 is 0 Å². The maximum Gasteiger partial charge on any atom is 0.208 e. The molecular weight excluding hydrogens is 214 g/mol. The Morgan fingerprint density at radius 2 is 2.12 bits per heavy atom. The van der Waals surface area contributed by atoms with E-state index in [-0.39, 0.29) is 11.0 Å². The van der Waals surface area contributed by atoms with E-state index in [4.69, 9.17) is 5.26 Å². The van der Waals surface area contributed by atoms with Crippen molar-refractivity contribution < 1.29 is 0 Å². The lowest BCUT2D eigenvalue weighted by Crippen LogP contribution is -2.07. The van der Waals surface area contributed by atoms with Gasteiger partial charge in [-0.2, -0.15) is 5.26 Å². The van der Waals surface area contributed by atoms with Crippen molar-refractivity contribution >= 4 is 21.9 Å². The molecule has 17 heavy (non-hydrogen) atoms. The van der Waals surface area contributed by atoms with Crippen LogP contribution in [0.4, 0.5) is 0 Å². The third-order valence-corrected chi connectivity index (χ3v) is 2.69. The monoisotopic (exact) mass is 221 g/mol. The first-order valence-corrected chi connectivity index (χ1v) is 5.11. The van der Waals surface area contributed by atoms with Crippen molar-refractivity contribution in [1.82, 2.24) is 9.97 Å². The average molecular weight is 221 g/mol. The largest absolute Gasteiger partial charge is 0.345 e. The van der Waals surface area contributed by atoms with Crippen LogP contribution in [0.1, 0.15) is 5.56 Å². The normalized spacial score (nSPS) is 10.5. The highest BCUT2D eigenvalue weighted by Gasteiger charge is 2.06. The summed E-state index contributed by atoms with van der Waals surface area (Å²) in [5, 5.41) is 10.1. The summed E-state index contributed by atoms with van der Waals surface area (Å²) < 4.78 is 0. The number of aromatic nitrogens is 2. The number of hydrogen-bond acceptors (Lipinski definition) is 3. The van der Waals surface area contributed by atoms with Gasteiger partial charge in [0.25, 0.3) is 0 Å². The van der Waals surface area contributed by atoms with Crippen LogP contribution >= 0.6 is 0 Å². The number of para-hydroxylation sites is 1. The summed E-state index contributed by atoms with van der Waals surface area (Å²) in [4.78, 5) is 19.1. The Hall–Kier alpha value is -2.67. The summed E-state index contributed by atoms with van der Waals surface area (Å²) >= 11 is 0. The maximum absolute atomic E-state index is 11.9. The molecule has 0 aliphatic carbocycles. The summed E-state index contributed by atoms with van der Waals surface area (Å²) in [5.41, 5.74) is 1.15. The first-order chi connectivity index (χ1) is 8.29. The van der Waals surface area contributed by atoms with Crippen molar-refractivity contribution in [2.24, 2.45) is 0 Å². The molecule has 0 atom stereocenters. The zero-order valence-electron chi connectivity index (χ0n) is 8.77. The van der Waals surface area contributed by atoms with Crippen molar-refractivity contribution in [2.45, 2.75) is 0 Å². The molecule has 0 spiro atoms. The van der Waals surface area contributed by atoms with Crippen LogP contribution in [0.25, 0.3) is 21.9 Å². The van der Waals surface area contributed by atoms with E-state index >= 15 is 0 Å². The van der Waals surface area contributed by atoms with Crippen molar-refractivity contribution in [3.05, 3.63) is 52.3 Å². The molecule has 0 aliphatic rings. The molecule has 1 N–H and O–H groups in total. The maximum atomic E-state index is 11.9. The summed E-state index contributed by atoms with van der Waals surface area (Å²) in [6, 6.07) is 11.2. The molecule has 0 bridgehead atoms. The lowest BCUT2D eigenvalue weighted by Gasteiger charge is -2.00. The molecule has 80 valence electrons. The number of rotatable bonds is 0. The molecule has 1 aromatic carbocycles. The lowest BCUT2D eigenvalue weighted by atomic mass is 10.1. The number of nitrogens with zero attached hydrogens (tertiary/aromatic N) is 2. The van der Waals surface area contributed by atoms with Crippen molar-refractivity contribution in [3.8, 4) is 6.07 Å². The van der Waals surface area contributed by atoms with Gasteiger partial charge in [-0.25, -0.2) is 4.98 Å². The molecule has 4 heteroatoms. The third-order valence-electron chi connectivity index (χ3n) is 2.69. The number of nitrogens with one attached hydrogen (secondary N) is 1. The summed E-state index contributed by atoms with van der Waals surface area (Å²) in [7, 11) is 0. The van der Waals surface area contributed by atoms with E-state index < -0.39 is 0 Å². The second kappa shape index (κ2) is 3.42. The van der Waals surface area contributed by atoms with Crippen LogP contribution in [-0.4, -0.2) is 9.97 Å². The fourth-order valence-electron chi connectivity index (χ4n) is 1.83. The highest BCUT2D eigenvalue weighted by atomic mass is 16.1. The predicted octanol–water partition coefficient (Wildman–Crippen LogP) is 1.95. The molecule has 0 unspecified atom stereocenters. The molecule has 2 aromatic heterocycles. The molecule has 0 saturated carbocycles. The van der Waals surface area contributed by atoms with Crippen LogP contribution in [0.15, 0.2) is 41.3 Å². The molecule has 0 amide bonds. The Labute approximate surface area is 96.2 Å². The Balaban J connectivity index is 2.54. The topological polar surface area (TPSA) is 69.5 Å². The summed E-state index contributed by atoms with van der Waals surface area (Å²) in [5.74, 6) is 0. The number of fused-ring (bicyclic) bond motifs is 2. The van der Waals surface area contributed by atoms with Crippen LogP contribution in [0.2, 0.25) is 0 Å². The highest BCUT2D eigenvalue weighted by molar-refractivity contribution is 5.91. The number of H-pyrrole nitrogens is 1. The minimum Gasteiger partial charge on any atom is -0.345 e. The van der Waals surface area contributed by atoms with Gasteiger partial charge in [-0.15, -0.1) is 0 Å². The molecule has 0 aliphatic heterocycles. The predicted molar refractivity (Wildman–Crippen MR) is 64.6 cm³/mol. The molecule has 2 heterocycles. The van der Waals surface area contributed by atoms with Gasteiger partial charge in [0.2, 0.25) is 5.43 Å². The first kappa shape index (κ1) is 9.55. The standard InChI is InChI=1S/C13H7N3O/c14-6-9-7-15-13-10(12(9)17)5-8-3-1-2-4-11(8)16-13/h1-5,7H,(H,15,16,17). The zero-order chi connectivity index (χ0) is 11.8. The number of aromatic amines is 1. The second-order valence-electron chi connectivity index (χ2n) is 3.72.